The van der Waals surface area contributed by atoms with Crippen molar-refractivity contribution in [3.8, 4) is 0 Å². The van der Waals surface area contributed by atoms with Crippen LogP contribution in [0.3, 0.4) is 0 Å². The Bertz CT molecular complexity index is 538. The van der Waals surface area contributed by atoms with Gasteiger partial charge < -0.3 is 15.7 Å². The molecule has 6 heteroatoms. The molecular weight excluding hydrogens is 260 g/mol. The lowest BCUT2D eigenvalue weighted by Crippen LogP contribution is -2.12. The molecule has 1 aromatic carbocycles. The number of amides is 2. The summed E-state index contributed by atoms with van der Waals surface area (Å²) in [6.45, 7) is 1.91. The molecule has 106 valence electrons. The second-order valence-electron chi connectivity index (χ2n) is 4.04. The van der Waals surface area contributed by atoms with Crippen LogP contribution in [0.1, 0.15) is 19.8 Å². The Hall–Kier alpha value is -2.63. The molecule has 0 spiro atoms. The maximum atomic E-state index is 11.4. The number of rotatable bonds is 6. The van der Waals surface area contributed by atoms with Crippen LogP contribution in [0.2, 0.25) is 0 Å². The Morgan fingerprint density at radius 2 is 1.80 bits per heavy atom. The van der Waals surface area contributed by atoms with Crippen LogP contribution in [0.5, 0.6) is 0 Å². The maximum absolute atomic E-state index is 11.4. The van der Waals surface area contributed by atoms with E-state index in [0.717, 1.165) is 18.6 Å². The van der Waals surface area contributed by atoms with Gasteiger partial charge in [-0.05, 0) is 24.6 Å². The summed E-state index contributed by atoms with van der Waals surface area (Å²) in [6, 6.07) is 6.62. The summed E-state index contributed by atoms with van der Waals surface area (Å²) in [7, 11) is 0. The van der Waals surface area contributed by atoms with Gasteiger partial charge in [0.05, 0.1) is 0 Å². The molecule has 0 aliphatic rings. The van der Waals surface area contributed by atoms with Gasteiger partial charge in [-0.25, -0.2) is 4.79 Å². The van der Waals surface area contributed by atoms with Crippen molar-refractivity contribution >= 4 is 29.2 Å². The third-order valence-electron chi connectivity index (χ3n) is 2.27. The Morgan fingerprint density at radius 3 is 2.40 bits per heavy atom. The highest BCUT2D eigenvalue weighted by Crippen LogP contribution is 2.15. The molecule has 0 aliphatic heterocycles. The van der Waals surface area contributed by atoms with Crippen LogP contribution in [0.4, 0.5) is 11.4 Å². The second-order valence-corrected chi connectivity index (χ2v) is 4.04. The van der Waals surface area contributed by atoms with Gasteiger partial charge in [0.25, 0.3) is 0 Å². The quantitative estimate of drug-likeness (QED) is 0.692. The van der Waals surface area contributed by atoms with E-state index in [1.807, 2.05) is 6.92 Å². The summed E-state index contributed by atoms with van der Waals surface area (Å²) >= 11 is 0. The standard InChI is InChI=1S/C14H16N2O4/c1-2-4-12(17)15-10-5-3-6-11(9-10)16-13(18)7-8-14(19)20/h3,5-9H,2,4H2,1H3,(H,15,17)(H,16,18)(H,19,20)/b8-7+. The van der Waals surface area contributed by atoms with E-state index in [1.54, 1.807) is 24.3 Å². The number of carbonyl (C=O) groups excluding carboxylic acids is 2. The van der Waals surface area contributed by atoms with Crippen LogP contribution >= 0.6 is 0 Å². The topological polar surface area (TPSA) is 95.5 Å². The Labute approximate surface area is 116 Å². The first-order valence-electron chi connectivity index (χ1n) is 6.13. The van der Waals surface area contributed by atoms with Crippen LogP contribution in [-0.2, 0) is 14.4 Å². The lowest BCUT2D eigenvalue weighted by atomic mass is 10.2. The monoisotopic (exact) mass is 276 g/mol. The number of carboxylic acid groups (broad SMARTS) is 1. The Balaban J connectivity index is 2.66. The molecule has 1 aromatic rings. The summed E-state index contributed by atoms with van der Waals surface area (Å²) in [6.07, 6.45) is 2.85. The minimum Gasteiger partial charge on any atom is -0.478 e. The van der Waals surface area contributed by atoms with E-state index in [9.17, 15) is 14.4 Å². The van der Waals surface area contributed by atoms with Crippen molar-refractivity contribution in [1.29, 1.82) is 0 Å². The van der Waals surface area contributed by atoms with Crippen LogP contribution in [0.25, 0.3) is 0 Å². The smallest absolute Gasteiger partial charge is 0.328 e. The van der Waals surface area contributed by atoms with E-state index in [0.29, 0.717) is 17.8 Å². The van der Waals surface area contributed by atoms with Gasteiger partial charge in [-0.1, -0.05) is 13.0 Å². The van der Waals surface area contributed by atoms with Crippen molar-refractivity contribution in [3.05, 3.63) is 36.4 Å². The van der Waals surface area contributed by atoms with Crippen molar-refractivity contribution in [3.63, 3.8) is 0 Å². The summed E-state index contributed by atoms with van der Waals surface area (Å²) in [5.41, 5.74) is 1.04. The molecule has 0 saturated carbocycles. The Kier molecular flexibility index (Phi) is 5.96. The number of carboxylic acids is 1. The molecule has 0 aliphatic carbocycles. The average Bonchev–Trinajstić information content (AvgIpc) is 2.37. The SMILES string of the molecule is CCCC(=O)Nc1cccc(NC(=O)/C=C/C(=O)O)c1. The van der Waals surface area contributed by atoms with Gasteiger partial charge >= 0.3 is 5.97 Å². The van der Waals surface area contributed by atoms with E-state index in [1.165, 1.54) is 0 Å². The zero-order valence-electron chi connectivity index (χ0n) is 11.1. The minimum absolute atomic E-state index is 0.0956. The largest absolute Gasteiger partial charge is 0.478 e. The third kappa shape index (κ3) is 5.81. The first kappa shape index (κ1) is 15.4. The van der Waals surface area contributed by atoms with Crippen LogP contribution in [0.15, 0.2) is 36.4 Å². The van der Waals surface area contributed by atoms with Gasteiger partial charge in [0, 0.05) is 29.9 Å². The summed E-state index contributed by atoms with van der Waals surface area (Å²) in [4.78, 5) is 33.1. The van der Waals surface area contributed by atoms with Gasteiger partial charge in [0.15, 0.2) is 0 Å². The van der Waals surface area contributed by atoms with Gasteiger partial charge in [-0.15, -0.1) is 0 Å². The summed E-state index contributed by atoms with van der Waals surface area (Å²) in [5.74, 6) is -1.84. The predicted molar refractivity (Wildman–Crippen MR) is 75.4 cm³/mol. The average molecular weight is 276 g/mol. The number of nitrogens with one attached hydrogen (secondary N) is 2. The number of benzene rings is 1. The number of anilines is 2. The molecule has 0 radical (unpaired) electrons. The van der Waals surface area contributed by atoms with Crippen molar-refractivity contribution in [2.75, 3.05) is 10.6 Å². The number of aliphatic carboxylic acids is 1. The minimum atomic E-state index is -1.19. The molecule has 0 heterocycles. The second kappa shape index (κ2) is 7.73. The molecule has 0 saturated heterocycles. The highest BCUT2D eigenvalue weighted by molar-refractivity contribution is 6.02. The normalized spacial score (nSPS) is 10.2. The van der Waals surface area contributed by atoms with E-state index in [4.69, 9.17) is 5.11 Å². The first-order valence-corrected chi connectivity index (χ1v) is 6.13. The fourth-order valence-corrected chi connectivity index (χ4v) is 1.46. The molecule has 0 aromatic heterocycles. The molecule has 20 heavy (non-hydrogen) atoms. The van der Waals surface area contributed by atoms with Crippen molar-refractivity contribution in [2.45, 2.75) is 19.8 Å². The summed E-state index contributed by atoms with van der Waals surface area (Å²) in [5, 5.41) is 13.6. The highest BCUT2D eigenvalue weighted by Gasteiger charge is 2.03. The molecule has 0 atom stereocenters. The number of carbonyl (C=O) groups is 3. The lowest BCUT2D eigenvalue weighted by Gasteiger charge is -2.07. The summed E-state index contributed by atoms with van der Waals surface area (Å²) < 4.78 is 0. The molecular formula is C14H16N2O4. The zero-order chi connectivity index (χ0) is 15.0. The molecule has 0 unspecified atom stereocenters. The van der Waals surface area contributed by atoms with Crippen LogP contribution in [0, 0.1) is 0 Å². The molecule has 6 nitrogen and oxygen atoms in total. The highest BCUT2D eigenvalue weighted by atomic mass is 16.4. The van der Waals surface area contributed by atoms with Crippen molar-refractivity contribution < 1.29 is 19.5 Å². The maximum Gasteiger partial charge on any atom is 0.328 e. The van der Waals surface area contributed by atoms with E-state index in [-0.39, 0.29) is 5.91 Å². The molecule has 1 rings (SSSR count). The lowest BCUT2D eigenvalue weighted by molar-refractivity contribution is -0.131. The molecule has 3 N–H and O–H groups in total. The first-order chi connectivity index (χ1) is 9.51. The van der Waals surface area contributed by atoms with E-state index in [2.05, 4.69) is 10.6 Å². The Morgan fingerprint density at radius 1 is 1.15 bits per heavy atom. The van der Waals surface area contributed by atoms with Gasteiger partial charge in [-0.2, -0.15) is 0 Å². The predicted octanol–water partition coefficient (Wildman–Crippen LogP) is 2.00. The molecule has 0 fully saturated rings. The van der Waals surface area contributed by atoms with E-state index < -0.39 is 11.9 Å². The van der Waals surface area contributed by atoms with Gasteiger partial charge in [0.2, 0.25) is 11.8 Å². The number of hydrogen-bond donors (Lipinski definition) is 3. The van der Waals surface area contributed by atoms with Crippen LogP contribution < -0.4 is 10.6 Å². The van der Waals surface area contributed by atoms with Crippen molar-refractivity contribution in [1.82, 2.24) is 0 Å². The zero-order valence-corrected chi connectivity index (χ0v) is 11.1. The third-order valence-corrected chi connectivity index (χ3v) is 2.27. The molecule has 0 bridgehead atoms. The fraction of sp³-hybridized carbons (Fsp3) is 0.214. The van der Waals surface area contributed by atoms with Gasteiger partial charge in [0.1, 0.15) is 0 Å². The van der Waals surface area contributed by atoms with Crippen LogP contribution in [-0.4, -0.2) is 22.9 Å². The fourth-order valence-electron chi connectivity index (χ4n) is 1.46. The number of hydrogen-bond acceptors (Lipinski definition) is 3. The van der Waals surface area contributed by atoms with E-state index >= 15 is 0 Å². The molecule has 2 amide bonds. The van der Waals surface area contributed by atoms with Gasteiger partial charge in [-0.3, -0.25) is 9.59 Å². The van der Waals surface area contributed by atoms with Crippen molar-refractivity contribution in [2.24, 2.45) is 0 Å².